The van der Waals surface area contributed by atoms with Crippen molar-refractivity contribution in [3.05, 3.63) is 109 Å². The lowest BCUT2D eigenvalue weighted by molar-refractivity contribution is 1.21. The van der Waals surface area contributed by atoms with Crippen molar-refractivity contribution in [2.45, 2.75) is 0 Å². The van der Waals surface area contributed by atoms with Crippen LogP contribution >= 0.6 is 0 Å². The molecule has 0 saturated heterocycles. The van der Waals surface area contributed by atoms with Crippen LogP contribution < -0.4 is 0 Å². The van der Waals surface area contributed by atoms with E-state index < -0.39 is 0 Å². The molecular weight excluding hydrogens is 376 g/mol. The van der Waals surface area contributed by atoms with Crippen LogP contribution in [0.4, 0.5) is 0 Å². The van der Waals surface area contributed by atoms with Crippen LogP contribution in [0.2, 0.25) is 0 Å². The SMILES string of the molecule is C=Cc1c(C=C)n2c3ccc(-c4ccc5ccccc5c4)cc3nc2c2ccccc12. The van der Waals surface area contributed by atoms with Crippen LogP contribution in [0.3, 0.4) is 0 Å². The first-order chi connectivity index (χ1) is 15.3. The van der Waals surface area contributed by atoms with Crippen molar-refractivity contribution < 1.29 is 0 Å². The molecule has 0 aliphatic rings. The minimum Gasteiger partial charge on any atom is -0.292 e. The second-order valence-electron chi connectivity index (χ2n) is 7.79. The molecule has 0 amide bonds. The van der Waals surface area contributed by atoms with E-state index in [0.717, 1.165) is 44.3 Å². The molecule has 0 fully saturated rings. The van der Waals surface area contributed by atoms with Gasteiger partial charge in [-0.15, -0.1) is 0 Å². The second kappa shape index (κ2) is 6.68. The van der Waals surface area contributed by atoms with Gasteiger partial charge in [0.1, 0.15) is 5.65 Å². The summed E-state index contributed by atoms with van der Waals surface area (Å²) in [5, 5.41) is 4.75. The van der Waals surface area contributed by atoms with Gasteiger partial charge in [0.25, 0.3) is 0 Å². The van der Waals surface area contributed by atoms with Gasteiger partial charge in [-0.05, 0) is 51.6 Å². The maximum Gasteiger partial charge on any atom is 0.146 e. The molecule has 0 atom stereocenters. The number of pyridine rings is 1. The molecule has 146 valence electrons. The van der Waals surface area contributed by atoms with E-state index in [9.17, 15) is 0 Å². The van der Waals surface area contributed by atoms with Crippen molar-refractivity contribution in [2.75, 3.05) is 0 Å². The highest BCUT2D eigenvalue weighted by Gasteiger charge is 2.15. The Morgan fingerprint density at radius 3 is 2.19 bits per heavy atom. The molecule has 31 heavy (non-hydrogen) atoms. The van der Waals surface area contributed by atoms with Gasteiger partial charge in [0, 0.05) is 10.9 Å². The maximum absolute atomic E-state index is 5.06. The van der Waals surface area contributed by atoms with Gasteiger partial charge in [-0.25, -0.2) is 4.98 Å². The summed E-state index contributed by atoms with van der Waals surface area (Å²) in [7, 11) is 0. The molecular formula is C29H20N2. The van der Waals surface area contributed by atoms with Crippen LogP contribution in [0.25, 0.3) is 61.5 Å². The molecule has 0 bridgehead atoms. The summed E-state index contributed by atoms with van der Waals surface area (Å²) >= 11 is 0. The van der Waals surface area contributed by atoms with Crippen molar-refractivity contribution in [1.82, 2.24) is 9.38 Å². The van der Waals surface area contributed by atoms with Gasteiger partial charge in [0.2, 0.25) is 0 Å². The Labute approximate surface area is 180 Å². The number of benzene rings is 4. The Morgan fingerprint density at radius 1 is 0.677 bits per heavy atom. The second-order valence-corrected chi connectivity index (χ2v) is 7.79. The third kappa shape index (κ3) is 2.55. The molecule has 0 aliphatic heterocycles. The van der Waals surface area contributed by atoms with Crippen molar-refractivity contribution >= 4 is 50.4 Å². The summed E-state index contributed by atoms with van der Waals surface area (Å²) in [5.74, 6) is 0. The minimum absolute atomic E-state index is 0.946. The summed E-state index contributed by atoms with van der Waals surface area (Å²) in [6.45, 7) is 8.14. The molecule has 0 spiro atoms. The average molecular weight is 396 g/mol. The van der Waals surface area contributed by atoms with Crippen LogP contribution in [0, 0.1) is 0 Å². The van der Waals surface area contributed by atoms with Crippen LogP contribution in [0.1, 0.15) is 11.3 Å². The normalized spacial score (nSPS) is 11.5. The zero-order chi connectivity index (χ0) is 20.9. The molecule has 2 heteroatoms. The van der Waals surface area contributed by atoms with E-state index >= 15 is 0 Å². The Balaban J connectivity index is 1.67. The van der Waals surface area contributed by atoms with E-state index in [1.807, 2.05) is 12.2 Å². The molecule has 0 N–H and O–H groups in total. The predicted octanol–water partition coefficient (Wildman–Crippen LogP) is 7.75. The van der Waals surface area contributed by atoms with Gasteiger partial charge in [-0.3, -0.25) is 4.40 Å². The first-order valence-electron chi connectivity index (χ1n) is 10.4. The van der Waals surface area contributed by atoms with E-state index in [4.69, 9.17) is 4.98 Å². The molecule has 0 unspecified atom stereocenters. The smallest absolute Gasteiger partial charge is 0.146 e. The highest BCUT2D eigenvalue weighted by molar-refractivity contribution is 6.04. The lowest BCUT2D eigenvalue weighted by Gasteiger charge is -2.11. The summed E-state index contributed by atoms with van der Waals surface area (Å²) in [6, 6.07) is 29.9. The Hall–Kier alpha value is -4.17. The highest BCUT2D eigenvalue weighted by atomic mass is 15.0. The molecule has 4 aromatic carbocycles. The van der Waals surface area contributed by atoms with Gasteiger partial charge in [-0.1, -0.05) is 86.0 Å². The maximum atomic E-state index is 5.06. The van der Waals surface area contributed by atoms with Crippen molar-refractivity contribution in [3.8, 4) is 11.1 Å². The molecule has 0 radical (unpaired) electrons. The number of nitrogens with zero attached hydrogens (tertiary/aromatic N) is 2. The summed E-state index contributed by atoms with van der Waals surface area (Å²) in [4.78, 5) is 5.06. The lowest BCUT2D eigenvalue weighted by atomic mass is 10.0. The highest BCUT2D eigenvalue weighted by Crippen LogP contribution is 2.33. The minimum atomic E-state index is 0.946. The van der Waals surface area contributed by atoms with Crippen molar-refractivity contribution in [2.24, 2.45) is 0 Å². The average Bonchev–Trinajstić information content (AvgIpc) is 3.21. The summed E-state index contributed by atoms with van der Waals surface area (Å²) < 4.78 is 2.20. The number of imidazole rings is 1. The number of hydrogen-bond acceptors (Lipinski definition) is 1. The van der Waals surface area contributed by atoms with E-state index in [2.05, 4.69) is 102 Å². The van der Waals surface area contributed by atoms with E-state index in [-0.39, 0.29) is 0 Å². The van der Waals surface area contributed by atoms with Gasteiger partial charge in [0.05, 0.1) is 16.7 Å². The molecule has 0 saturated carbocycles. The fourth-order valence-electron chi connectivity index (χ4n) is 4.64. The first kappa shape index (κ1) is 17.7. The molecule has 6 rings (SSSR count). The standard InChI is InChI=1S/C29H20N2/c1-3-23-24-11-7-8-12-25(24)29-30-26-18-22(15-16-28(26)31(29)27(23)4-2)21-14-13-19-9-5-6-10-20(19)17-21/h3-18H,1-2H2. The topological polar surface area (TPSA) is 17.3 Å². The van der Waals surface area contributed by atoms with Gasteiger partial charge >= 0.3 is 0 Å². The third-order valence-corrected chi connectivity index (χ3v) is 6.11. The molecule has 0 aliphatic carbocycles. The molecule has 2 nitrogen and oxygen atoms in total. The van der Waals surface area contributed by atoms with E-state index in [1.165, 1.54) is 16.3 Å². The lowest BCUT2D eigenvalue weighted by Crippen LogP contribution is -1.97. The summed E-state index contributed by atoms with van der Waals surface area (Å²) in [6.07, 6.45) is 3.81. The Kier molecular flexibility index (Phi) is 3.81. The molecule has 2 heterocycles. The van der Waals surface area contributed by atoms with Crippen molar-refractivity contribution in [1.29, 1.82) is 0 Å². The quantitative estimate of drug-likeness (QED) is 0.299. The number of hydrogen-bond donors (Lipinski definition) is 0. The third-order valence-electron chi connectivity index (χ3n) is 6.11. The monoisotopic (exact) mass is 396 g/mol. The van der Waals surface area contributed by atoms with Crippen LogP contribution in [0.5, 0.6) is 0 Å². The number of fused-ring (bicyclic) bond motifs is 6. The zero-order valence-electron chi connectivity index (χ0n) is 17.0. The fourth-order valence-corrected chi connectivity index (χ4v) is 4.64. The summed E-state index contributed by atoms with van der Waals surface area (Å²) in [5.41, 5.74) is 7.44. The van der Waals surface area contributed by atoms with Crippen LogP contribution in [0.15, 0.2) is 98.1 Å². The first-order valence-corrected chi connectivity index (χ1v) is 10.4. The molecule has 2 aromatic heterocycles. The molecule has 6 aromatic rings. The fraction of sp³-hybridized carbons (Fsp3) is 0. The zero-order valence-corrected chi connectivity index (χ0v) is 17.0. The van der Waals surface area contributed by atoms with E-state index in [1.54, 1.807) is 0 Å². The Morgan fingerprint density at radius 2 is 1.39 bits per heavy atom. The van der Waals surface area contributed by atoms with Crippen LogP contribution in [-0.2, 0) is 0 Å². The number of rotatable bonds is 3. The van der Waals surface area contributed by atoms with Crippen molar-refractivity contribution in [3.63, 3.8) is 0 Å². The Bertz CT molecular complexity index is 1670. The largest absolute Gasteiger partial charge is 0.292 e. The van der Waals surface area contributed by atoms with E-state index in [0.29, 0.717) is 0 Å². The van der Waals surface area contributed by atoms with Gasteiger partial charge in [0.15, 0.2) is 0 Å². The number of aromatic nitrogens is 2. The van der Waals surface area contributed by atoms with Crippen LogP contribution in [-0.4, -0.2) is 9.38 Å². The van der Waals surface area contributed by atoms with Gasteiger partial charge < -0.3 is 0 Å². The predicted molar refractivity (Wildman–Crippen MR) is 133 cm³/mol. The van der Waals surface area contributed by atoms with Gasteiger partial charge in [-0.2, -0.15) is 0 Å².